The molecule has 1 N–H and O–H groups in total. The highest BCUT2D eigenvalue weighted by atomic mass is 35.5. The van der Waals surface area contributed by atoms with E-state index < -0.39 is 0 Å². The molecule has 2 aliphatic heterocycles. The number of anilines is 1. The van der Waals surface area contributed by atoms with Crippen molar-refractivity contribution in [3.8, 4) is 0 Å². The van der Waals surface area contributed by atoms with Gasteiger partial charge in [-0.25, -0.2) is 0 Å². The summed E-state index contributed by atoms with van der Waals surface area (Å²) < 4.78 is 7.65. The van der Waals surface area contributed by atoms with Gasteiger partial charge < -0.3 is 15.0 Å². The maximum atomic E-state index is 12.2. The van der Waals surface area contributed by atoms with Crippen molar-refractivity contribution >= 4 is 24.0 Å². The summed E-state index contributed by atoms with van der Waals surface area (Å²) in [6.45, 7) is 4.13. The van der Waals surface area contributed by atoms with Crippen molar-refractivity contribution in [1.82, 2.24) is 15.1 Å². The molecule has 1 unspecified atom stereocenters. The van der Waals surface area contributed by atoms with Gasteiger partial charge in [0.2, 0.25) is 0 Å². The Morgan fingerprint density at radius 1 is 1.45 bits per heavy atom. The van der Waals surface area contributed by atoms with Crippen molar-refractivity contribution in [1.29, 1.82) is 0 Å². The number of amides is 1. The Bertz CT molecular complexity index is 484. The van der Waals surface area contributed by atoms with Crippen LogP contribution >= 0.6 is 12.4 Å². The molecule has 0 aliphatic carbocycles. The number of ether oxygens (including phenoxy) is 1. The molecule has 0 saturated carbocycles. The van der Waals surface area contributed by atoms with Crippen LogP contribution in [0.3, 0.4) is 0 Å². The molecule has 112 valence electrons. The van der Waals surface area contributed by atoms with Gasteiger partial charge in [0.15, 0.2) is 0 Å². The zero-order valence-electron chi connectivity index (χ0n) is 11.8. The van der Waals surface area contributed by atoms with E-state index in [1.54, 1.807) is 10.9 Å². The van der Waals surface area contributed by atoms with Gasteiger partial charge in [-0.15, -0.1) is 12.4 Å². The van der Waals surface area contributed by atoms with E-state index in [-0.39, 0.29) is 36.6 Å². The molecular formula is C13H21ClN4O2. The number of rotatable bonds is 1. The highest BCUT2D eigenvalue weighted by Crippen LogP contribution is 2.36. The second-order valence-electron chi connectivity index (χ2n) is 5.42. The SMILES string of the molecule is CC1N(c2cnn(C)c2)C(=O)COC12CCNCC2.Cl. The fraction of sp³-hybridized carbons (Fsp3) is 0.692. The van der Waals surface area contributed by atoms with E-state index in [9.17, 15) is 4.79 Å². The molecule has 1 amide bonds. The van der Waals surface area contributed by atoms with Gasteiger partial charge in [0.1, 0.15) is 6.61 Å². The maximum Gasteiger partial charge on any atom is 0.253 e. The number of halogens is 1. The first-order valence-electron chi connectivity index (χ1n) is 6.78. The fourth-order valence-corrected chi connectivity index (χ4v) is 3.16. The minimum absolute atomic E-state index is 0. The molecule has 2 saturated heterocycles. The summed E-state index contributed by atoms with van der Waals surface area (Å²) in [4.78, 5) is 14.0. The van der Waals surface area contributed by atoms with Crippen molar-refractivity contribution in [2.24, 2.45) is 7.05 Å². The van der Waals surface area contributed by atoms with Crippen LogP contribution in [0.1, 0.15) is 19.8 Å². The second kappa shape index (κ2) is 5.71. The first kappa shape index (κ1) is 15.3. The van der Waals surface area contributed by atoms with Crippen molar-refractivity contribution in [3.05, 3.63) is 12.4 Å². The topological polar surface area (TPSA) is 59.4 Å². The predicted molar refractivity (Wildman–Crippen MR) is 78.2 cm³/mol. The van der Waals surface area contributed by atoms with Crippen LogP contribution in [0.2, 0.25) is 0 Å². The van der Waals surface area contributed by atoms with Gasteiger partial charge in [-0.2, -0.15) is 5.10 Å². The van der Waals surface area contributed by atoms with Crippen molar-refractivity contribution < 1.29 is 9.53 Å². The molecule has 0 aromatic carbocycles. The molecule has 6 nitrogen and oxygen atoms in total. The molecular weight excluding hydrogens is 280 g/mol. The number of carbonyl (C=O) groups excluding carboxylic acids is 1. The summed E-state index contributed by atoms with van der Waals surface area (Å²) in [5.41, 5.74) is 0.649. The quantitative estimate of drug-likeness (QED) is 0.830. The lowest BCUT2D eigenvalue weighted by Gasteiger charge is -2.49. The smallest absolute Gasteiger partial charge is 0.253 e. The fourth-order valence-electron chi connectivity index (χ4n) is 3.16. The average molecular weight is 301 g/mol. The number of hydrogen-bond acceptors (Lipinski definition) is 4. The minimum atomic E-state index is -0.213. The number of carbonyl (C=O) groups is 1. The van der Waals surface area contributed by atoms with Crippen molar-refractivity contribution in [2.75, 3.05) is 24.6 Å². The van der Waals surface area contributed by atoms with Crippen LogP contribution in [0.15, 0.2) is 12.4 Å². The minimum Gasteiger partial charge on any atom is -0.363 e. The number of hydrogen-bond donors (Lipinski definition) is 1. The molecule has 0 radical (unpaired) electrons. The molecule has 3 rings (SSSR count). The molecule has 20 heavy (non-hydrogen) atoms. The van der Waals surface area contributed by atoms with Gasteiger partial charge in [0.05, 0.1) is 23.5 Å². The van der Waals surface area contributed by atoms with Gasteiger partial charge in [-0.3, -0.25) is 9.48 Å². The second-order valence-corrected chi connectivity index (χ2v) is 5.42. The summed E-state index contributed by atoms with van der Waals surface area (Å²) in [6.07, 6.45) is 5.51. The van der Waals surface area contributed by atoms with Crippen LogP contribution in [-0.4, -0.2) is 47.0 Å². The molecule has 1 aromatic heterocycles. The normalized spacial score (nSPS) is 25.6. The largest absolute Gasteiger partial charge is 0.363 e. The van der Waals surface area contributed by atoms with Gasteiger partial charge in [-0.1, -0.05) is 0 Å². The molecule has 2 fully saturated rings. The third-order valence-electron chi connectivity index (χ3n) is 4.32. The van der Waals surface area contributed by atoms with Crippen LogP contribution in [-0.2, 0) is 16.6 Å². The summed E-state index contributed by atoms with van der Waals surface area (Å²) in [7, 11) is 1.86. The number of morpholine rings is 1. The lowest BCUT2D eigenvalue weighted by Crippen LogP contribution is -2.64. The summed E-state index contributed by atoms with van der Waals surface area (Å²) in [6, 6.07) is 0.0417. The van der Waals surface area contributed by atoms with Crippen molar-refractivity contribution in [3.63, 3.8) is 0 Å². The van der Waals surface area contributed by atoms with E-state index in [1.807, 2.05) is 18.1 Å². The van der Waals surface area contributed by atoms with Gasteiger partial charge >= 0.3 is 0 Å². The van der Waals surface area contributed by atoms with Gasteiger partial charge in [0, 0.05) is 13.2 Å². The number of nitrogens with one attached hydrogen (secondary N) is 1. The van der Waals surface area contributed by atoms with Crippen LogP contribution in [0, 0.1) is 0 Å². The Hall–Kier alpha value is -1.11. The molecule has 2 aliphatic rings. The van der Waals surface area contributed by atoms with E-state index in [4.69, 9.17) is 4.74 Å². The summed E-state index contributed by atoms with van der Waals surface area (Å²) >= 11 is 0. The molecule has 0 bridgehead atoms. The Kier molecular flexibility index (Phi) is 4.36. The van der Waals surface area contributed by atoms with E-state index in [0.717, 1.165) is 31.6 Å². The lowest BCUT2D eigenvalue weighted by atomic mass is 9.83. The Balaban J connectivity index is 0.00000147. The number of piperidine rings is 1. The van der Waals surface area contributed by atoms with E-state index >= 15 is 0 Å². The molecule has 3 heterocycles. The van der Waals surface area contributed by atoms with Crippen LogP contribution in [0.25, 0.3) is 0 Å². The van der Waals surface area contributed by atoms with Gasteiger partial charge in [0.25, 0.3) is 5.91 Å². The molecule has 1 spiro atoms. The number of nitrogens with zero attached hydrogens (tertiary/aromatic N) is 3. The zero-order chi connectivity index (χ0) is 13.5. The zero-order valence-corrected chi connectivity index (χ0v) is 12.7. The highest BCUT2D eigenvalue weighted by Gasteiger charge is 2.47. The van der Waals surface area contributed by atoms with Gasteiger partial charge in [-0.05, 0) is 32.9 Å². The van der Waals surface area contributed by atoms with Crippen LogP contribution in [0.4, 0.5) is 5.69 Å². The highest BCUT2D eigenvalue weighted by molar-refractivity contribution is 5.95. The first-order valence-corrected chi connectivity index (χ1v) is 6.78. The predicted octanol–water partition coefficient (Wildman–Crippen LogP) is 0.716. The van der Waals surface area contributed by atoms with Crippen molar-refractivity contribution in [2.45, 2.75) is 31.4 Å². The maximum absolute atomic E-state index is 12.2. The average Bonchev–Trinajstić information content (AvgIpc) is 2.83. The van der Waals surface area contributed by atoms with E-state index in [1.165, 1.54) is 0 Å². The van der Waals surface area contributed by atoms with Crippen LogP contribution in [0.5, 0.6) is 0 Å². The number of aryl methyl sites for hydroxylation is 1. The third-order valence-corrected chi connectivity index (χ3v) is 4.32. The molecule has 7 heteroatoms. The monoisotopic (exact) mass is 300 g/mol. The molecule has 1 aromatic rings. The number of aromatic nitrogens is 2. The summed E-state index contributed by atoms with van der Waals surface area (Å²) in [5.74, 6) is 0.0182. The lowest BCUT2D eigenvalue weighted by molar-refractivity contribution is -0.148. The Labute approximate surface area is 124 Å². The third kappa shape index (κ3) is 2.43. The Morgan fingerprint density at radius 3 is 2.75 bits per heavy atom. The van der Waals surface area contributed by atoms with E-state index in [0.29, 0.717) is 0 Å². The summed E-state index contributed by atoms with van der Waals surface area (Å²) in [5, 5.41) is 7.51. The van der Waals surface area contributed by atoms with E-state index in [2.05, 4.69) is 17.3 Å². The first-order chi connectivity index (χ1) is 9.12. The van der Waals surface area contributed by atoms with Crippen LogP contribution < -0.4 is 10.2 Å². The Morgan fingerprint density at radius 2 is 2.15 bits per heavy atom. The molecule has 1 atom stereocenters. The standard InChI is InChI=1S/C13H20N4O2.ClH/c1-10-13(3-5-14-6-4-13)19-9-12(18)17(10)11-7-15-16(2)8-11;/h7-8,10,14H,3-6,9H2,1-2H3;1H.